The molecular weight excluding hydrogens is 443 g/mol. The van der Waals surface area contributed by atoms with Crippen LogP contribution in [0.3, 0.4) is 0 Å². The number of anilines is 1. The number of thiazole rings is 1. The maximum atomic E-state index is 12.3. The molecular formula is C18H16Cl2N2O4S2. The van der Waals surface area contributed by atoms with Gasteiger partial charge in [-0.15, -0.1) is 0 Å². The fraction of sp³-hybridized carbons (Fsp3) is 0.222. The van der Waals surface area contributed by atoms with Gasteiger partial charge in [0.05, 0.1) is 32.5 Å². The van der Waals surface area contributed by atoms with E-state index < -0.39 is 9.84 Å². The summed E-state index contributed by atoms with van der Waals surface area (Å²) in [5, 5.41) is 3.79. The van der Waals surface area contributed by atoms with Crippen LogP contribution in [0.25, 0.3) is 10.2 Å². The number of nitrogens with zero attached hydrogens (tertiary/aromatic N) is 1. The highest BCUT2D eigenvalue weighted by Crippen LogP contribution is 2.35. The SMILES string of the molecule is COc1ccc(S(=O)(=O)CCCC(=O)Nc2nc3c(Cl)c(Cl)ccc3s2)cc1. The number of amides is 1. The Morgan fingerprint density at radius 1 is 1.18 bits per heavy atom. The van der Waals surface area contributed by atoms with Crippen LogP contribution >= 0.6 is 34.5 Å². The predicted molar refractivity (Wildman–Crippen MR) is 113 cm³/mol. The molecule has 0 saturated heterocycles. The first-order valence-corrected chi connectivity index (χ1v) is 11.4. The number of carbonyl (C=O) groups is 1. The van der Waals surface area contributed by atoms with E-state index in [2.05, 4.69) is 10.3 Å². The third-order valence-electron chi connectivity index (χ3n) is 3.93. The molecule has 0 fully saturated rings. The molecule has 3 aromatic rings. The predicted octanol–water partition coefficient (Wildman–Crippen LogP) is 4.80. The molecule has 10 heteroatoms. The zero-order valence-corrected chi connectivity index (χ0v) is 17.9. The maximum Gasteiger partial charge on any atom is 0.226 e. The average Bonchev–Trinajstić information content (AvgIpc) is 3.08. The molecule has 3 rings (SSSR count). The Morgan fingerprint density at radius 3 is 2.57 bits per heavy atom. The molecule has 2 aromatic carbocycles. The quantitative estimate of drug-likeness (QED) is 0.549. The summed E-state index contributed by atoms with van der Waals surface area (Å²) in [5.74, 6) is 0.135. The Labute approximate surface area is 176 Å². The van der Waals surface area contributed by atoms with Crippen molar-refractivity contribution in [2.45, 2.75) is 17.7 Å². The van der Waals surface area contributed by atoms with Gasteiger partial charge in [-0.25, -0.2) is 13.4 Å². The highest BCUT2D eigenvalue weighted by molar-refractivity contribution is 7.91. The first kappa shape index (κ1) is 20.9. The summed E-state index contributed by atoms with van der Waals surface area (Å²) < 4.78 is 30.5. The standard InChI is InChI=1S/C18H16Cl2N2O4S2/c1-26-11-4-6-12(7-5-11)28(24,25)10-2-3-15(23)21-18-22-17-14(27-18)9-8-13(19)16(17)20/h4-9H,2-3,10H2,1H3,(H,21,22,23). The Bertz CT molecular complexity index is 1110. The van der Waals surface area contributed by atoms with Crippen molar-refractivity contribution in [2.24, 2.45) is 0 Å². The molecule has 0 atom stereocenters. The van der Waals surface area contributed by atoms with Crippen LogP contribution < -0.4 is 10.1 Å². The lowest BCUT2D eigenvalue weighted by molar-refractivity contribution is -0.116. The Kier molecular flexibility index (Phi) is 6.44. The molecule has 0 bridgehead atoms. The summed E-state index contributed by atoms with van der Waals surface area (Å²) in [6, 6.07) is 9.60. The van der Waals surface area contributed by atoms with Gasteiger partial charge in [-0.2, -0.15) is 0 Å². The second-order valence-corrected chi connectivity index (χ2v) is 9.80. The van der Waals surface area contributed by atoms with Crippen molar-refractivity contribution in [1.82, 2.24) is 4.98 Å². The van der Waals surface area contributed by atoms with Crippen molar-refractivity contribution in [2.75, 3.05) is 18.2 Å². The van der Waals surface area contributed by atoms with Gasteiger partial charge in [0.1, 0.15) is 11.3 Å². The number of benzene rings is 2. The lowest BCUT2D eigenvalue weighted by Gasteiger charge is -2.06. The summed E-state index contributed by atoms with van der Waals surface area (Å²) >= 11 is 13.3. The number of aromatic nitrogens is 1. The van der Waals surface area contributed by atoms with Gasteiger partial charge in [0, 0.05) is 6.42 Å². The number of methoxy groups -OCH3 is 1. The molecule has 28 heavy (non-hydrogen) atoms. The number of rotatable bonds is 7. The lowest BCUT2D eigenvalue weighted by atomic mass is 10.3. The third-order valence-corrected chi connectivity index (χ3v) is 7.48. The number of halogens is 2. The van der Waals surface area contributed by atoms with E-state index in [1.807, 2.05) is 0 Å². The normalized spacial score (nSPS) is 11.5. The van der Waals surface area contributed by atoms with E-state index in [9.17, 15) is 13.2 Å². The molecule has 0 aliphatic carbocycles. The van der Waals surface area contributed by atoms with E-state index in [4.69, 9.17) is 27.9 Å². The zero-order valence-electron chi connectivity index (χ0n) is 14.7. The third kappa shape index (κ3) is 4.75. The second kappa shape index (κ2) is 8.65. The summed E-state index contributed by atoms with van der Waals surface area (Å²) in [5.41, 5.74) is 0.525. The minimum Gasteiger partial charge on any atom is -0.497 e. The molecule has 0 radical (unpaired) electrons. The van der Waals surface area contributed by atoms with Crippen LogP contribution in [0.4, 0.5) is 5.13 Å². The van der Waals surface area contributed by atoms with E-state index in [-0.39, 0.29) is 29.4 Å². The van der Waals surface area contributed by atoms with Gasteiger partial charge < -0.3 is 10.1 Å². The molecule has 0 saturated carbocycles. The van der Waals surface area contributed by atoms with Crippen molar-refractivity contribution in [3.8, 4) is 5.75 Å². The van der Waals surface area contributed by atoms with Crippen LogP contribution in [0, 0.1) is 0 Å². The van der Waals surface area contributed by atoms with Crippen LogP contribution in [0.15, 0.2) is 41.3 Å². The molecule has 1 amide bonds. The van der Waals surface area contributed by atoms with Gasteiger partial charge in [0.15, 0.2) is 15.0 Å². The smallest absolute Gasteiger partial charge is 0.226 e. The molecule has 0 aliphatic rings. The maximum absolute atomic E-state index is 12.3. The van der Waals surface area contributed by atoms with Gasteiger partial charge in [-0.3, -0.25) is 4.79 Å². The van der Waals surface area contributed by atoms with Gasteiger partial charge in [0.25, 0.3) is 0 Å². The number of fused-ring (bicyclic) bond motifs is 1. The van der Waals surface area contributed by atoms with Crippen molar-refractivity contribution in [1.29, 1.82) is 0 Å². The largest absolute Gasteiger partial charge is 0.497 e. The lowest BCUT2D eigenvalue weighted by Crippen LogP contribution is -2.14. The van der Waals surface area contributed by atoms with Crippen molar-refractivity contribution in [3.05, 3.63) is 46.4 Å². The van der Waals surface area contributed by atoms with Crippen LogP contribution in [0.1, 0.15) is 12.8 Å². The van der Waals surface area contributed by atoms with Gasteiger partial charge in [-0.1, -0.05) is 34.5 Å². The van der Waals surface area contributed by atoms with E-state index >= 15 is 0 Å². The summed E-state index contributed by atoms with van der Waals surface area (Å²) in [6.07, 6.45) is 0.247. The number of nitrogens with one attached hydrogen (secondary N) is 1. The Hall–Kier alpha value is -1.87. The van der Waals surface area contributed by atoms with E-state index in [0.29, 0.717) is 26.4 Å². The van der Waals surface area contributed by atoms with Crippen LogP contribution in [-0.2, 0) is 14.6 Å². The number of hydrogen-bond donors (Lipinski definition) is 1. The number of sulfone groups is 1. The fourth-order valence-electron chi connectivity index (χ4n) is 2.50. The number of hydrogen-bond acceptors (Lipinski definition) is 6. The summed E-state index contributed by atoms with van der Waals surface area (Å²) in [4.78, 5) is 16.6. The number of ether oxygens (including phenoxy) is 1. The molecule has 0 aliphatic heterocycles. The highest BCUT2D eigenvalue weighted by Gasteiger charge is 2.16. The Balaban J connectivity index is 1.57. The van der Waals surface area contributed by atoms with Gasteiger partial charge in [0.2, 0.25) is 5.91 Å². The van der Waals surface area contributed by atoms with E-state index in [0.717, 1.165) is 4.70 Å². The minimum atomic E-state index is -3.47. The Morgan fingerprint density at radius 2 is 1.89 bits per heavy atom. The first-order chi connectivity index (χ1) is 13.3. The second-order valence-electron chi connectivity index (χ2n) is 5.87. The van der Waals surface area contributed by atoms with Gasteiger partial charge >= 0.3 is 0 Å². The summed E-state index contributed by atoms with van der Waals surface area (Å²) in [7, 11) is -1.96. The van der Waals surface area contributed by atoms with E-state index in [1.54, 1.807) is 24.3 Å². The summed E-state index contributed by atoms with van der Waals surface area (Å²) in [6.45, 7) is 0. The molecule has 0 spiro atoms. The minimum absolute atomic E-state index is 0.0554. The monoisotopic (exact) mass is 458 g/mol. The van der Waals surface area contributed by atoms with Crippen LogP contribution in [0.2, 0.25) is 10.0 Å². The zero-order chi connectivity index (χ0) is 20.3. The van der Waals surface area contributed by atoms with Gasteiger partial charge in [-0.05, 0) is 42.8 Å². The van der Waals surface area contributed by atoms with E-state index in [1.165, 1.54) is 30.6 Å². The molecule has 6 nitrogen and oxygen atoms in total. The molecule has 1 aromatic heterocycles. The van der Waals surface area contributed by atoms with Crippen molar-refractivity contribution < 1.29 is 17.9 Å². The molecule has 148 valence electrons. The average molecular weight is 459 g/mol. The molecule has 0 unspecified atom stereocenters. The number of carbonyl (C=O) groups excluding carboxylic acids is 1. The topological polar surface area (TPSA) is 85.4 Å². The first-order valence-electron chi connectivity index (χ1n) is 8.21. The van der Waals surface area contributed by atoms with Crippen LogP contribution in [0.5, 0.6) is 5.75 Å². The van der Waals surface area contributed by atoms with Crippen molar-refractivity contribution in [3.63, 3.8) is 0 Å². The fourth-order valence-corrected chi connectivity index (χ4v) is 5.11. The highest BCUT2D eigenvalue weighted by atomic mass is 35.5. The van der Waals surface area contributed by atoms with Crippen molar-refractivity contribution >= 4 is 65.6 Å². The van der Waals surface area contributed by atoms with Crippen LogP contribution in [-0.4, -0.2) is 32.2 Å². The molecule has 1 N–H and O–H groups in total. The molecule has 1 heterocycles.